The summed E-state index contributed by atoms with van der Waals surface area (Å²) in [7, 11) is -0.749. The lowest BCUT2D eigenvalue weighted by molar-refractivity contribution is -0.132. The predicted molar refractivity (Wildman–Crippen MR) is 175 cm³/mol. The van der Waals surface area contributed by atoms with Gasteiger partial charge in [-0.25, -0.2) is 4.79 Å². The normalized spacial score (nSPS) is 21.3. The van der Waals surface area contributed by atoms with E-state index >= 15 is 0 Å². The van der Waals surface area contributed by atoms with E-state index in [-0.39, 0.29) is 21.0 Å². The molecule has 246 valence electrons. The van der Waals surface area contributed by atoms with Crippen molar-refractivity contribution in [2.24, 2.45) is 0 Å². The molecule has 3 aromatic rings. The van der Waals surface area contributed by atoms with Gasteiger partial charge in [0, 0.05) is 37.8 Å². The molecular weight excluding hydrogens is 629 g/mol. The van der Waals surface area contributed by atoms with Gasteiger partial charge in [-0.15, -0.1) is 11.3 Å². The number of rotatable bonds is 9. The molecule has 1 unspecified atom stereocenters. The average Bonchev–Trinajstić information content (AvgIpc) is 3.71. The largest absolute Gasteiger partial charge is 0.497 e. The lowest BCUT2D eigenvalue weighted by Crippen LogP contribution is -2.55. The van der Waals surface area contributed by atoms with Crippen molar-refractivity contribution in [3.8, 4) is 11.5 Å². The molecule has 1 aromatic heterocycles. The number of anilines is 1. The van der Waals surface area contributed by atoms with Gasteiger partial charge < -0.3 is 24.0 Å². The Labute approximate surface area is 274 Å². The second kappa shape index (κ2) is 13.2. The molecule has 2 fully saturated rings. The lowest BCUT2D eigenvalue weighted by Gasteiger charge is -2.42. The number of amides is 2. The molecule has 6 rings (SSSR count). The first kappa shape index (κ1) is 32.3. The lowest BCUT2D eigenvalue weighted by atomic mass is 9.86. The molecule has 0 aliphatic carbocycles. The van der Waals surface area contributed by atoms with Crippen LogP contribution in [0.1, 0.15) is 37.3 Å². The zero-order chi connectivity index (χ0) is 32.5. The van der Waals surface area contributed by atoms with Crippen LogP contribution in [0.25, 0.3) is 0 Å². The Bertz CT molecular complexity index is 1670. The van der Waals surface area contributed by atoms with E-state index in [4.69, 9.17) is 14.2 Å². The number of nitrogens with zero attached hydrogens (tertiary/aromatic N) is 4. The first-order chi connectivity index (χ1) is 22.2. The molecule has 0 bridgehead atoms. The van der Waals surface area contributed by atoms with E-state index in [0.29, 0.717) is 56.7 Å². The zero-order valence-corrected chi connectivity index (χ0v) is 28.0. The molecule has 2 saturated heterocycles. The van der Waals surface area contributed by atoms with Crippen LogP contribution in [0.3, 0.4) is 0 Å². The van der Waals surface area contributed by atoms with Crippen LogP contribution in [0.4, 0.5) is 10.5 Å². The number of benzene rings is 2. The minimum atomic E-state index is -4.37. The van der Waals surface area contributed by atoms with Gasteiger partial charge in [-0.05, 0) is 75.1 Å². The number of fused-ring (bicyclic) bond motifs is 1. The maximum atomic E-state index is 14.9. The molecule has 11 nitrogen and oxygen atoms in total. The molecule has 3 aliphatic heterocycles. The summed E-state index contributed by atoms with van der Waals surface area (Å²) in [6, 6.07) is 15.0. The number of carbonyl (C=O) groups excluding carboxylic acids is 2. The highest BCUT2D eigenvalue weighted by molar-refractivity contribution is 7.95. The van der Waals surface area contributed by atoms with Crippen molar-refractivity contribution in [1.82, 2.24) is 14.7 Å². The van der Waals surface area contributed by atoms with Crippen LogP contribution in [-0.4, -0.2) is 101 Å². The van der Waals surface area contributed by atoms with Crippen LogP contribution in [0.5, 0.6) is 11.5 Å². The molecular formula is C33H40N4O7S2. The van der Waals surface area contributed by atoms with E-state index in [1.807, 2.05) is 6.92 Å². The molecule has 4 heterocycles. The Morgan fingerprint density at radius 1 is 0.978 bits per heavy atom. The standard InChI is InChI=1S/C33H40N4O7S2/c1-4-21-43-29-9-6-5-8-26(29)33(44-32(39)36-19-17-35(18-20-36)24-13-15-34(2)16-14-24)27-23-25(42-3)11-12-28(27)37(31(33)38)46(40,41)30-10-7-22-45-30/h5-12,22-24H,4,13-21H2,1-3H3. The van der Waals surface area contributed by atoms with E-state index in [0.717, 1.165) is 41.6 Å². The quantitative estimate of drug-likeness (QED) is 0.329. The number of para-hydroxylation sites is 1. The fourth-order valence-corrected chi connectivity index (χ4v) is 9.06. The molecule has 0 saturated carbocycles. The van der Waals surface area contributed by atoms with Crippen molar-refractivity contribution >= 4 is 39.0 Å². The summed E-state index contributed by atoms with van der Waals surface area (Å²) in [5.41, 5.74) is -1.65. The van der Waals surface area contributed by atoms with Crippen LogP contribution in [-0.2, 0) is 25.2 Å². The summed E-state index contributed by atoms with van der Waals surface area (Å²) >= 11 is 1.01. The third kappa shape index (κ3) is 5.74. The molecule has 0 spiro atoms. The summed E-state index contributed by atoms with van der Waals surface area (Å²) in [6.07, 6.45) is 2.16. The first-order valence-electron chi connectivity index (χ1n) is 15.6. The monoisotopic (exact) mass is 668 g/mol. The fourth-order valence-electron chi connectivity index (χ4n) is 6.54. The van der Waals surface area contributed by atoms with Crippen molar-refractivity contribution in [3.05, 3.63) is 71.1 Å². The van der Waals surface area contributed by atoms with Crippen LogP contribution in [0.2, 0.25) is 0 Å². The van der Waals surface area contributed by atoms with E-state index < -0.39 is 27.6 Å². The van der Waals surface area contributed by atoms with Gasteiger partial charge >= 0.3 is 6.09 Å². The van der Waals surface area contributed by atoms with Crippen molar-refractivity contribution in [3.63, 3.8) is 0 Å². The number of thiophene rings is 1. The summed E-state index contributed by atoms with van der Waals surface area (Å²) in [5.74, 6) is -0.224. The number of ether oxygens (including phenoxy) is 3. The van der Waals surface area contributed by atoms with Gasteiger partial charge in [0.2, 0.25) is 5.60 Å². The predicted octanol–water partition coefficient (Wildman–Crippen LogP) is 4.37. The Morgan fingerprint density at radius 2 is 1.72 bits per heavy atom. The van der Waals surface area contributed by atoms with Crippen molar-refractivity contribution in [2.45, 2.75) is 42.0 Å². The smallest absolute Gasteiger partial charge is 0.411 e. The molecule has 3 aliphatic rings. The number of methoxy groups -OCH3 is 1. The Hall–Kier alpha value is -3.65. The van der Waals surface area contributed by atoms with Gasteiger partial charge in [-0.1, -0.05) is 31.2 Å². The van der Waals surface area contributed by atoms with Crippen molar-refractivity contribution < 1.29 is 32.2 Å². The summed E-state index contributed by atoms with van der Waals surface area (Å²) in [6.45, 7) is 6.61. The minimum Gasteiger partial charge on any atom is -0.497 e. The van der Waals surface area contributed by atoms with Gasteiger partial charge in [0.05, 0.1) is 25.0 Å². The summed E-state index contributed by atoms with van der Waals surface area (Å²) in [4.78, 5) is 35.4. The minimum absolute atomic E-state index is 0.00899. The summed E-state index contributed by atoms with van der Waals surface area (Å²) in [5, 5.41) is 1.63. The van der Waals surface area contributed by atoms with Gasteiger partial charge in [0.1, 0.15) is 15.7 Å². The van der Waals surface area contributed by atoms with Crippen LogP contribution in [0, 0.1) is 0 Å². The van der Waals surface area contributed by atoms with E-state index in [2.05, 4.69) is 16.8 Å². The van der Waals surface area contributed by atoms with Crippen LogP contribution >= 0.6 is 11.3 Å². The van der Waals surface area contributed by atoms with Gasteiger partial charge in [0.15, 0.2) is 0 Å². The fraction of sp³-hybridized carbons (Fsp3) is 0.455. The number of piperazine rings is 1. The highest BCUT2D eigenvalue weighted by Crippen LogP contribution is 2.52. The Kier molecular flexibility index (Phi) is 9.28. The first-order valence-corrected chi connectivity index (χ1v) is 18.0. The third-order valence-corrected chi connectivity index (χ3v) is 12.1. The Morgan fingerprint density at radius 3 is 2.39 bits per heavy atom. The number of carbonyl (C=O) groups is 2. The molecule has 0 radical (unpaired) electrons. The maximum absolute atomic E-state index is 14.9. The number of likely N-dealkylation sites (tertiary alicyclic amines) is 1. The molecule has 2 aromatic carbocycles. The Balaban J connectivity index is 1.42. The van der Waals surface area contributed by atoms with Crippen molar-refractivity contribution in [2.75, 3.05) is 64.3 Å². The zero-order valence-electron chi connectivity index (χ0n) is 26.4. The number of piperidine rings is 1. The van der Waals surface area contributed by atoms with E-state index in [1.165, 1.54) is 19.2 Å². The third-order valence-electron chi connectivity index (χ3n) is 9.02. The van der Waals surface area contributed by atoms with E-state index in [9.17, 15) is 18.0 Å². The highest BCUT2D eigenvalue weighted by Gasteiger charge is 2.61. The van der Waals surface area contributed by atoms with Gasteiger partial charge in [0.25, 0.3) is 15.9 Å². The number of hydrogen-bond acceptors (Lipinski definition) is 10. The van der Waals surface area contributed by atoms with Crippen LogP contribution < -0.4 is 13.8 Å². The number of sulfonamides is 1. The SMILES string of the molecule is CCCOc1ccccc1C1(OC(=O)N2CCN(C3CCN(C)CC3)CC2)C(=O)N(S(=O)(=O)c2cccs2)c2ccc(OC)cc21. The summed E-state index contributed by atoms with van der Waals surface area (Å²) < 4.78 is 46.9. The second-order valence-corrected chi connectivity index (χ2v) is 14.8. The second-order valence-electron chi connectivity index (χ2n) is 11.8. The molecule has 2 amide bonds. The van der Waals surface area contributed by atoms with E-state index in [1.54, 1.807) is 52.7 Å². The molecule has 0 N–H and O–H groups in total. The molecule has 13 heteroatoms. The molecule has 1 atom stereocenters. The topological polar surface area (TPSA) is 109 Å². The van der Waals surface area contributed by atoms with Gasteiger partial charge in [-0.2, -0.15) is 12.7 Å². The van der Waals surface area contributed by atoms with Crippen LogP contribution in [0.15, 0.2) is 64.2 Å². The molecule has 46 heavy (non-hydrogen) atoms. The highest BCUT2D eigenvalue weighted by atomic mass is 32.2. The maximum Gasteiger partial charge on any atom is 0.411 e. The average molecular weight is 669 g/mol. The van der Waals surface area contributed by atoms with Crippen molar-refractivity contribution in [1.29, 1.82) is 0 Å². The van der Waals surface area contributed by atoms with Gasteiger partial charge in [-0.3, -0.25) is 9.69 Å². The number of hydrogen-bond donors (Lipinski definition) is 0.